The number of hydrogen-bond acceptors (Lipinski definition) is 5. The highest BCUT2D eigenvalue weighted by atomic mass is 79.9. The molecule has 1 fully saturated rings. The van der Waals surface area contributed by atoms with Crippen molar-refractivity contribution in [2.24, 2.45) is 5.92 Å². The second-order valence-electron chi connectivity index (χ2n) is 7.04. The van der Waals surface area contributed by atoms with E-state index in [0.717, 1.165) is 27.2 Å². The minimum absolute atomic E-state index is 0.0586. The molecule has 5 nitrogen and oxygen atoms in total. The van der Waals surface area contributed by atoms with Crippen LogP contribution in [-0.4, -0.2) is 27.7 Å². The molecule has 6 heteroatoms. The maximum Gasteiger partial charge on any atom is 0.225 e. The van der Waals surface area contributed by atoms with Crippen molar-refractivity contribution >= 4 is 33.4 Å². The standard InChI is InChI=1S/C19H25BrN4O/c1-11(2)17(10-25)23-19-22-16(13-4-5-13)9-18(24-19)21-15-7-6-14(20)8-12(15)3/h6-9,11,13,17,25H,4-5,10H2,1-3H3,(H2,21,22,23,24)/t17-/m1/s1. The van der Waals surface area contributed by atoms with Crippen molar-refractivity contribution in [3.05, 3.63) is 40.0 Å². The lowest BCUT2D eigenvalue weighted by atomic mass is 10.1. The van der Waals surface area contributed by atoms with Gasteiger partial charge in [0.2, 0.25) is 5.95 Å². The summed E-state index contributed by atoms with van der Waals surface area (Å²) in [6.07, 6.45) is 2.36. The maximum absolute atomic E-state index is 9.58. The molecule has 0 unspecified atom stereocenters. The summed E-state index contributed by atoms with van der Waals surface area (Å²) < 4.78 is 1.06. The van der Waals surface area contributed by atoms with Gasteiger partial charge in [-0.2, -0.15) is 4.98 Å². The topological polar surface area (TPSA) is 70.1 Å². The molecule has 1 aromatic carbocycles. The van der Waals surface area contributed by atoms with Crippen molar-refractivity contribution < 1.29 is 5.11 Å². The Balaban J connectivity index is 1.87. The fourth-order valence-corrected chi connectivity index (χ4v) is 3.15. The van der Waals surface area contributed by atoms with Crippen LogP contribution in [0, 0.1) is 12.8 Å². The van der Waals surface area contributed by atoms with Crippen LogP contribution in [0.1, 0.15) is 43.9 Å². The minimum Gasteiger partial charge on any atom is -0.394 e. The van der Waals surface area contributed by atoms with Crippen LogP contribution in [-0.2, 0) is 0 Å². The van der Waals surface area contributed by atoms with Crippen molar-refractivity contribution in [3.63, 3.8) is 0 Å². The third-order valence-electron chi connectivity index (χ3n) is 4.51. The summed E-state index contributed by atoms with van der Waals surface area (Å²) >= 11 is 3.49. The number of aliphatic hydroxyl groups excluding tert-OH is 1. The third-order valence-corrected chi connectivity index (χ3v) is 5.00. The monoisotopic (exact) mass is 404 g/mol. The normalized spacial score (nSPS) is 15.3. The van der Waals surface area contributed by atoms with Crippen LogP contribution in [0.4, 0.5) is 17.5 Å². The van der Waals surface area contributed by atoms with Crippen molar-refractivity contribution in [3.8, 4) is 0 Å². The SMILES string of the molecule is Cc1cc(Br)ccc1Nc1cc(C2CC2)nc(N[C@H](CO)C(C)C)n1. The Morgan fingerprint density at radius 3 is 2.60 bits per heavy atom. The highest BCUT2D eigenvalue weighted by Crippen LogP contribution is 2.40. The van der Waals surface area contributed by atoms with Crippen LogP contribution in [0.25, 0.3) is 0 Å². The van der Waals surface area contributed by atoms with E-state index < -0.39 is 0 Å². The number of halogens is 1. The van der Waals surface area contributed by atoms with Crippen molar-refractivity contribution in [1.29, 1.82) is 0 Å². The molecule has 1 aliphatic rings. The van der Waals surface area contributed by atoms with Crippen molar-refractivity contribution in [2.75, 3.05) is 17.2 Å². The second kappa shape index (κ2) is 7.70. The highest BCUT2D eigenvalue weighted by molar-refractivity contribution is 9.10. The van der Waals surface area contributed by atoms with Gasteiger partial charge < -0.3 is 15.7 Å². The van der Waals surface area contributed by atoms with E-state index in [0.29, 0.717) is 17.8 Å². The number of anilines is 3. The summed E-state index contributed by atoms with van der Waals surface area (Å²) in [6, 6.07) is 8.10. The van der Waals surface area contributed by atoms with Gasteiger partial charge in [-0.25, -0.2) is 4.98 Å². The molecule has 3 N–H and O–H groups in total. The first-order valence-corrected chi connectivity index (χ1v) is 9.55. The molecule has 1 aromatic heterocycles. The zero-order valence-corrected chi connectivity index (χ0v) is 16.5. The Morgan fingerprint density at radius 2 is 2.00 bits per heavy atom. The molecule has 0 bridgehead atoms. The molecule has 0 aliphatic heterocycles. The lowest BCUT2D eigenvalue weighted by molar-refractivity contribution is 0.248. The van der Waals surface area contributed by atoms with Crippen LogP contribution in [0.2, 0.25) is 0 Å². The Labute approximate surface area is 157 Å². The Kier molecular flexibility index (Phi) is 5.59. The number of benzene rings is 1. The summed E-state index contributed by atoms with van der Waals surface area (Å²) in [6.45, 7) is 6.27. The zero-order valence-electron chi connectivity index (χ0n) is 14.9. The van der Waals surface area contributed by atoms with E-state index >= 15 is 0 Å². The lowest BCUT2D eigenvalue weighted by Crippen LogP contribution is -2.30. The van der Waals surface area contributed by atoms with Crippen LogP contribution in [0.3, 0.4) is 0 Å². The van der Waals surface area contributed by atoms with Gasteiger partial charge in [0.15, 0.2) is 0 Å². The summed E-state index contributed by atoms with van der Waals surface area (Å²) in [5.74, 6) is 2.18. The molecule has 0 saturated heterocycles. The van der Waals surface area contributed by atoms with E-state index in [2.05, 4.69) is 63.4 Å². The van der Waals surface area contributed by atoms with E-state index in [-0.39, 0.29) is 12.6 Å². The van der Waals surface area contributed by atoms with E-state index in [4.69, 9.17) is 0 Å². The van der Waals surface area contributed by atoms with E-state index in [9.17, 15) is 5.11 Å². The lowest BCUT2D eigenvalue weighted by Gasteiger charge is -2.21. The number of rotatable bonds is 7. The molecule has 0 amide bonds. The van der Waals surface area contributed by atoms with Crippen LogP contribution < -0.4 is 10.6 Å². The maximum atomic E-state index is 9.58. The molecule has 1 saturated carbocycles. The Morgan fingerprint density at radius 1 is 1.24 bits per heavy atom. The number of aryl methyl sites for hydroxylation is 1. The summed E-state index contributed by atoms with van der Waals surface area (Å²) in [4.78, 5) is 9.28. The molecule has 134 valence electrons. The number of aromatic nitrogens is 2. The van der Waals surface area contributed by atoms with Gasteiger partial charge in [-0.05, 0) is 49.4 Å². The average molecular weight is 405 g/mol. The zero-order chi connectivity index (χ0) is 18.0. The van der Waals surface area contributed by atoms with E-state index in [1.54, 1.807) is 0 Å². The molecule has 0 spiro atoms. The Hall–Kier alpha value is -1.66. The smallest absolute Gasteiger partial charge is 0.225 e. The molecule has 1 aliphatic carbocycles. The van der Waals surface area contributed by atoms with Gasteiger partial charge in [0.1, 0.15) is 5.82 Å². The quantitative estimate of drug-likeness (QED) is 0.628. The molecular weight excluding hydrogens is 380 g/mol. The number of nitrogens with one attached hydrogen (secondary N) is 2. The fourth-order valence-electron chi connectivity index (χ4n) is 2.68. The van der Waals surface area contributed by atoms with Gasteiger partial charge in [0.05, 0.1) is 18.3 Å². The predicted molar refractivity (Wildman–Crippen MR) is 106 cm³/mol. The van der Waals surface area contributed by atoms with E-state index in [1.807, 2.05) is 18.2 Å². The fraction of sp³-hybridized carbons (Fsp3) is 0.474. The van der Waals surface area contributed by atoms with Crippen LogP contribution >= 0.6 is 15.9 Å². The van der Waals surface area contributed by atoms with Crippen molar-refractivity contribution in [1.82, 2.24) is 9.97 Å². The molecule has 0 radical (unpaired) electrons. The molecule has 1 heterocycles. The molecule has 25 heavy (non-hydrogen) atoms. The first-order valence-electron chi connectivity index (χ1n) is 8.76. The first kappa shape index (κ1) is 18.1. The second-order valence-corrected chi connectivity index (χ2v) is 7.95. The molecular formula is C19H25BrN4O. The number of aliphatic hydroxyl groups is 1. The molecule has 1 atom stereocenters. The Bertz CT molecular complexity index is 746. The number of nitrogens with zero attached hydrogens (tertiary/aromatic N) is 2. The summed E-state index contributed by atoms with van der Waals surface area (Å²) in [5.41, 5.74) is 3.23. The summed E-state index contributed by atoms with van der Waals surface area (Å²) in [5, 5.41) is 16.3. The predicted octanol–water partition coefficient (Wildman–Crippen LogP) is 4.60. The minimum atomic E-state index is -0.0586. The van der Waals surface area contributed by atoms with Crippen LogP contribution in [0.5, 0.6) is 0 Å². The third kappa shape index (κ3) is 4.70. The van der Waals surface area contributed by atoms with Crippen molar-refractivity contribution in [2.45, 2.75) is 45.6 Å². The van der Waals surface area contributed by atoms with Gasteiger partial charge in [0, 0.05) is 22.1 Å². The van der Waals surface area contributed by atoms with E-state index in [1.165, 1.54) is 12.8 Å². The van der Waals surface area contributed by atoms with Gasteiger partial charge in [0.25, 0.3) is 0 Å². The first-order chi connectivity index (χ1) is 12.0. The summed E-state index contributed by atoms with van der Waals surface area (Å²) in [7, 11) is 0. The molecule has 2 aromatic rings. The number of hydrogen-bond donors (Lipinski definition) is 3. The average Bonchev–Trinajstić information content (AvgIpc) is 3.40. The van der Waals surface area contributed by atoms with Gasteiger partial charge in [-0.15, -0.1) is 0 Å². The van der Waals surface area contributed by atoms with Gasteiger partial charge >= 0.3 is 0 Å². The van der Waals surface area contributed by atoms with Crippen LogP contribution in [0.15, 0.2) is 28.7 Å². The molecule has 3 rings (SSSR count). The largest absolute Gasteiger partial charge is 0.394 e. The highest BCUT2D eigenvalue weighted by Gasteiger charge is 2.26. The van der Waals surface area contributed by atoms with Gasteiger partial charge in [-0.3, -0.25) is 0 Å². The van der Waals surface area contributed by atoms with Gasteiger partial charge in [-0.1, -0.05) is 29.8 Å².